The number of carbonyl (C=O) groups excluding carboxylic acids is 3. The molecule has 0 spiro atoms. The zero-order valence-corrected chi connectivity index (χ0v) is 21.9. The molecule has 0 radical (unpaired) electrons. The highest BCUT2D eigenvalue weighted by Crippen LogP contribution is 2.23. The van der Waals surface area contributed by atoms with Crippen molar-refractivity contribution in [3.63, 3.8) is 0 Å². The van der Waals surface area contributed by atoms with Gasteiger partial charge in [-0.1, -0.05) is 23.9 Å². The molecule has 1 amide bonds. The number of hydrogen-bond acceptors (Lipinski definition) is 9. The van der Waals surface area contributed by atoms with Gasteiger partial charge in [-0.2, -0.15) is 0 Å². The van der Waals surface area contributed by atoms with E-state index >= 15 is 0 Å². The predicted molar refractivity (Wildman–Crippen MR) is 139 cm³/mol. The summed E-state index contributed by atoms with van der Waals surface area (Å²) in [7, 11) is 2.47. The molecule has 0 saturated carbocycles. The number of amides is 1. The second-order valence-electron chi connectivity index (χ2n) is 7.99. The first kappa shape index (κ1) is 27.5. The molecule has 11 heteroatoms. The zero-order valence-electron chi connectivity index (χ0n) is 21.1. The predicted octanol–water partition coefficient (Wildman–Crippen LogP) is 3.96. The van der Waals surface area contributed by atoms with Gasteiger partial charge in [0.05, 0.1) is 36.8 Å². The van der Waals surface area contributed by atoms with Crippen LogP contribution in [0.4, 0.5) is 5.69 Å². The third-order valence-corrected chi connectivity index (χ3v) is 6.09. The number of thioether (sulfide) groups is 1. The SMILES string of the molecule is C=CCn1c(COc2cc(C)cc(C)c2)nnc1SCC(=O)Nc1cc(C(=O)OC)ccc1C(=O)OC. The van der Waals surface area contributed by atoms with Crippen LogP contribution in [-0.2, 0) is 27.4 Å². The Morgan fingerprint density at radius 2 is 1.73 bits per heavy atom. The Hall–Kier alpha value is -4.12. The number of aromatic nitrogens is 3. The van der Waals surface area contributed by atoms with Crippen LogP contribution in [0.15, 0.2) is 54.2 Å². The van der Waals surface area contributed by atoms with Crippen molar-refractivity contribution in [2.75, 3.05) is 25.3 Å². The number of allylic oxidation sites excluding steroid dienone is 1. The standard InChI is InChI=1S/C26H28N4O6S/c1-6-9-30-22(14-36-19-11-16(2)10-17(3)12-19)28-29-26(30)37-15-23(31)27-21-13-18(24(32)34-4)7-8-20(21)25(33)35-5/h6-8,10-13H,1,9,14-15H2,2-5H3,(H,27,31). The Balaban J connectivity index is 1.71. The molecule has 3 rings (SSSR count). The van der Waals surface area contributed by atoms with Crippen LogP contribution in [0.5, 0.6) is 5.75 Å². The number of nitrogens with zero attached hydrogens (tertiary/aromatic N) is 3. The molecule has 0 aliphatic rings. The van der Waals surface area contributed by atoms with Gasteiger partial charge < -0.3 is 19.5 Å². The molecule has 1 heterocycles. The molecule has 3 aromatic rings. The monoisotopic (exact) mass is 524 g/mol. The number of benzene rings is 2. The Bertz CT molecular complexity index is 1300. The van der Waals surface area contributed by atoms with Crippen molar-refractivity contribution in [2.24, 2.45) is 0 Å². The third kappa shape index (κ3) is 7.20. The van der Waals surface area contributed by atoms with Gasteiger partial charge in [-0.25, -0.2) is 9.59 Å². The van der Waals surface area contributed by atoms with Gasteiger partial charge >= 0.3 is 11.9 Å². The fourth-order valence-corrected chi connectivity index (χ4v) is 4.27. The molecule has 0 saturated heterocycles. The summed E-state index contributed by atoms with van der Waals surface area (Å²) >= 11 is 1.16. The first-order valence-electron chi connectivity index (χ1n) is 11.2. The fraction of sp³-hybridized carbons (Fsp3) is 0.269. The molecular formula is C26H28N4O6S. The summed E-state index contributed by atoms with van der Waals surface area (Å²) in [6.07, 6.45) is 1.70. The minimum absolute atomic E-state index is 0.0315. The number of esters is 2. The van der Waals surface area contributed by atoms with Gasteiger partial charge in [-0.05, 0) is 55.3 Å². The first-order valence-corrected chi connectivity index (χ1v) is 12.2. The maximum absolute atomic E-state index is 12.7. The maximum atomic E-state index is 12.7. The van der Waals surface area contributed by atoms with Crippen LogP contribution in [0.3, 0.4) is 0 Å². The van der Waals surface area contributed by atoms with Crippen LogP contribution in [0, 0.1) is 13.8 Å². The number of aryl methyl sites for hydroxylation is 2. The Labute approximate surface area is 219 Å². The highest BCUT2D eigenvalue weighted by atomic mass is 32.2. The van der Waals surface area contributed by atoms with E-state index in [2.05, 4.69) is 28.2 Å². The normalized spacial score (nSPS) is 10.5. The lowest BCUT2D eigenvalue weighted by molar-refractivity contribution is -0.113. The average Bonchev–Trinajstić information content (AvgIpc) is 3.26. The molecule has 2 aromatic carbocycles. The summed E-state index contributed by atoms with van der Waals surface area (Å²) in [6, 6.07) is 10.1. The van der Waals surface area contributed by atoms with Crippen molar-refractivity contribution >= 4 is 35.3 Å². The number of anilines is 1. The van der Waals surface area contributed by atoms with Crippen molar-refractivity contribution in [1.82, 2.24) is 14.8 Å². The highest BCUT2D eigenvalue weighted by Gasteiger charge is 2.19. The van der Waals surface area contributed by atoms with Crippen LogP contribution in [0.2, 0.25) is 0 Å². The summed E-state index contributed by atoms with van der Waals surface area (Å²) in [5.41, 5.74) is 2.61. The van der Waals surface area contributed by atoms with Crippen molar-refractivity contribution < 1.29 is 28.6 Å². The molecule has 0 aliphatic carbocycles. The average molecular weight is 525 g/mol. The molecule has 0 bridgehead atoms. The van der Waals surface area contributed by atoms with Crippen LogP contribution in [0.1, 0.15) is 37.7 Å². The van der Waals surface area contributed by atoms with Gasteiger partial charge in [0, 0.05) is 6.54 Å². The molecule has 10 nitrogen and oxygen atoms in total. The van der Waals surface area contributed by atoms with Gasteiger partial charge in [0.25, 0.3) is 0 Å². The number of rotatable bonds is 11. The molecule has 194 valence electrons. The summed E-state index contributed by atoms with van der Waals surface area (Å²) in [5.74, 6) is -0.391. The fourth-order valence-electron chi connectivity index (χ4n) is 3.51. The van der Waals surface area contributed by atoms with E-state index in [1.54, 1.807) is 6.08 Å². The van der Waals surface area contributed by atoms with Gasteiger partial charge in [0.15, 0.2) is 11.0 Å². The van der Waals surface area contributed by atoms with Crippen LogP contribution in [0.25, 0.3) is 0 Å². The molecule has 0 atom stereocenters. The van der Waals surface area contributed by atoms with Crippen LogP contribution >= 0.6 is 11.8 Å². The molecule has 0 fully saturated rings. The van der Waals surface area contributed by atoms with Gasteiger partial charge in [0.2, 0.25) is 5.91 Å². The third-order valence-electron chi connectivity index (χ3n) is 5.12. The van der Waals surface area contributed by atoms with Gasteiger partial charge in [0.1, 0.15) is 12.4 Å². The van der Waals surface area contributed by atoms with Crippen LogP contribution in [-0.4, -0.2) is 52.6 Å². The number of ether oxygens (including phenoxy) is 3. The summed E-state index contributed by atoms with van der Waals surface area (Å²) in [5, 5.41) is 11.6. The minimum Gasteiger partial charge on any atom is -0.486 e. The summed E-state index contributed by atoms with van der Waals surface area (Å²) < 4.78 is 17.2. The summed E-state index contributed by atoms with van der Waals surface area (Å²) in [4.78, 5) is 36.8. The van der Waals surface area contributed by atoms with Crippen molar-refractivity contribution in [3.05, 3.63) is 77.1 Å². The second-order valence-corrected chi connectivity index (χ2v) is 8.93. The van der Waals surface area contributed by atoms with Crippen molar-refractivity contribution in [3.8, 4) is 5.75 Å². The van der Waals surface area contributed by atoms with Crippen molar-refractivity contribution in [2.45, 2.75) is 32.2 Å². The number of carbonyl (C=O) groups is 3. The number of methoxy groups -OCH3 is 2. The molecule has 37 heavy (non-hydrogen) atoms. The molecule has 0 unspecified atom stereocenters. The van der Waals surface area contributed by atoms with E-state index in [-0.39, 0.29) is 29.2 Å². The number of hydrogen-bond donors (Lipinski definition) is 1. The minimum atomic E-state index is -0.654. The maximum Gasteiger partial charge on any atom is 0.339 e. The Kier molecular flexibility index (Phi) is 9.45. The lowest BCUT2D eigenvalue weighted by Gasteiger charge is -2.12. The molecule has 1 aromatic heterocycles. The van der Waals surface area contributed by atoms with E-state index in [1.165, 1.54) is 32.4 Å². The summed E-state index contributed by atoms with van der Waals surface area (Å²) in [6.45, 7) is 8.41. The largest absolute Gasteiger partial charge is 0.486 e. The lowest BCUT2D eigenvalue weighted by atomic mass is 10.1. The van der Waals surface area contributed by atoms with E-state index in [1.807, 2.05) is 30.5 Å². The zero-order chi connectivity index (χ0) is 26.9. The molecular weight excluding hydrogens is 496 g/mol. The van der Waals surface area contributed by atoms with Crippen molar-refractivity contribution in [1.29, 1.82) is 0 Å². The van der Waals surface area contributed by atoms with E-state index in [9.17, 15) is 14.4 Å². The molecule has 0 aliphatic heterocycles. The second kappa shape index (κ2) is 12.7. The Morgan fingerprint density at radius 3 is 2.38 bits per heavy atom. The quantitative estimate of drug-likeness (QED) is 0.226. The topological polar surface area (TPSA) is 122 Å². The van der Waals surface area contributed by atoms with E-state index in [4.69, 9.17) is 14.2 Å². The van der Waals surface area contributed by atoms with Crippen LogP contribution < -0.4 is 10.1 Å². The molecule has 1 N–H and O–H groups in total. The van der Waals surface area contributed by atoms with Gasteiger partial charge in [-0.3, -0.25) is 9.36 Å². The lowest BCUT2D eigenvalue weighted by Crippen LogP contribution is -2.18. The smallest absolute Gasteiger partial charge is 0.339 e. The van der Waals surface area contributed by atoms with E-state index < -0.39 is 17.8 Å². The number of nitrogens with one attached hydrogen (secondary N) is 1. The first-order chi connectivity index (χ1) is 17.7. The van der Waals surface area contributed by atoms with Gasteiger partial charge in [-0.15, -0.1) is 16.8 Å². The highest BCUT2D eigenvalue weighted by molar-refractivity contribution is 7.99. The van der Waals surface area contributed by atoms with E-state index in [0.29, 0.717) is 17.5 Å². The van der Waals surface area contributed by atoms with E-state index in [0.717, 1.165) is 28.6 Å². The Morgan fingerprint density at radius 1 is 1.03 bits per heavy atom.